The molecular formula is C17H21NO3S. The van der Waals surface area contributed by atoms with Gasteiger partial charge in [0.15, 0.2) is 0 Å². The van der Waals surface area contributed by atoms with Crippen molar-refractivity contribution in [2.45, 2.75) is 27.2 Å². The van der Waals surface area contributed by atoms with Gasteiger partial charge >= 0.3 is 5.97 Å². The van der Waals surface area contributed by atoms with Gasteiger partial charge in [-0.3, -0.25) is 0 Å². The van der Waals surface area contributed by atoms with Crippen molar-refractivity contribution >= 4 is 22.3 Å². The lowest BCUT2D eigenvalue weighted by atomic mass is 9.99. The number of carbonyl (C=O) groups excluding carboxylic acids is 1. The molecule has 0 aliphatic heterocycles. The van der Waals surface area contributed by atoms with Crippen molar-refractivity contribution in [2.24, 2.45) is 0 Å². The van der Waals surface area contributed by atoms with Crippen molar-refractivity contribution in [2.75, 3.05) is 19.5 Å². The molecule has 0 aliphatic carbocycles. The van der Waals surface area contributed by atoms with Crippen LogP contribution in [0.1, 0.15) is 34.1 Å². The molecule has 118 valence electrons. The van der Waals surface area contributed by atoms with E-state index in [0.717, 1.165) is 33.7 Å². The summed E-state index contributed by atoms with van der Waals surface area (Å²) in [4.78, 5) is 13.3. The van der Waals surface area contributed by atoms with Gasteiger partial charge in [0.25, 0.3) is 0 Å². The highest BCUT2D eigenvalue weighted by atomic mass is 32.1. The predicted octanol–water partition coefficient (Wildman–Crippen LogP) is 4.19. The number of ether oxygens (including phenoxy) is 2. The number of methoxy groups -OCH3 is 1. The molecule has 2 N–H and O–H groups in total. The molecule has 0 fully saturated rings. The van der Waals surface area contributed by atoms with Gasteiger partial charge in [0.05, 0.1) is 13.7 Å². The van der Waals surface area contributed by atoms with Crippen LogP contribution in [0.4, 0.5) is 5.00 Å². The Balaban J connectivity index is 2.51. The number of nitrogens with two attached hydrogens (primary N) is 1. The van der Waals surface area contributed by atoms with Gasteiger partial charge in [-0.1, -0.05) is 13.0 Å². The summed E-state index contributed by atoms with van der Waals surface area (Å²) in [7, 11) is 1.64. The van der Waals surface area contributed by atoms with Crippen molar-refractivity contribution in [1.29, 1.82) is 0 Å². The first-order valence-electron chi connectivity index (χ1n) is 7.20. The third-order valence-corrected chi connectivity index (χ3v) is 4.37. The second kappa shape index (κ2) is 6.83. The van der Waals surface area contributed by atoms with Gasteiger partial charge in [-0.15, -0.1) is 11.3 Å². The fourth-order valence-electron chi connectivity index (χ4n) is 2.42. The van der Waals surface area contributed by atoms with E-state index in [1.54, 1.807) is 7.11 Å². The number of anilines is 1. The monoisotopic (exact) mass is 319 g/mol. The number of aryl methyl sites for hydroxylation is 2. The summed E-state index contributed by atoms with van der Waals surface area (Å²) in [6.07, 6.45) is 0.783. The van der Waals surface area contributed by atoms with E-state index in [2.05, 4.69) is 0 Å². The molecule has 2 aromatic rings. The zero-order valence-corrected chi connectivity index (χ0v) is 14.2. The maximum Gasteiger partial charge on any atom is 0.341 e. The average Bonchev–Trinajstić information content (AvgIpc) is 2.79. The fraction of sp³-hybridized carbons (Fsp3) is 0.353. The predicted molar refractivity (Wildman–Crippen MR) is 90.8 cm³/mol. The van der Waals surface area contributed by atoms with Gasteiger partial charge in [0.2, 0.25) is 0 Å². The van der Waals surface area contributed by atoms with Gasteiger partial charge in [-0.2, -0.15) is 0 Å². The Bertz CT molecular complexity index is 691. The first-order valence-corrected chi connectivity index (χ1v) is 8.02. The summed E-state index contributed by atoms with van der Waals surface area (Å²) in [5.74, 6) is 0.465. The standard InChI is InChI=1S/C17H21NO3S/c1-5-8-21-17(19)15-14(11(3)22-16(15)18)12-6-7-13(20-4)10(2)9-12/h6-7,9H,5,8,18H2,1-4H3. The van der Waals surface area contributed by atoms with Crippen LogP contribution in [0.25, 0.3) is 11.1 Å². The Morgan fingerprint density at radius 2 is 2.05 bits per heavy atom. The maximum absolute atomic E-state index is 12.3. The Kier molecular flexibility index (Phi) is 5.08. The highest BCUT2D eigenvalue weighted by Gasteiger charge is 2.23. The van der Waals surface area contributed by atoms with Crippen LogP contribution in [0, 0.1) is 13.8 Å². The smallest absolute Gasteiger partial charge is 0.341 e. The molecule has 2 rings (SSSR count). The molecule has 0 atom stereocenters. The zero-order valence-electron chi connectivity index (χ0n) is 13.4. The topological polar surface area (TPSA) is 61.5 Å². The molecule has 0 saturated heterocycles. The first-order chi connectivity index (χ1) is 10.5. The van der Waals surface area contributed by atoms with Crippen molar-refractivity contribution < 1.29 is 14.3 Å². The third-order valence-electron chi connectivity index (χ3n) is 3.44. The van der Waals surface area contributed by atoms with Crippen LogP contribution in [-0.2, 0) is 4.74 Å². The number of thiophene rings is 1. The lowest BCUT2D eigenvalue weighted by Gasteiger charge is -2.10. The molecule has 0 saturated carbocycles. The summed E-state index contributed by atoms with van der Waals surface area (Å²) in [6.45, 7) is 6.30. The number of benzene rings is 1. The molecule has 0 spiro atoms. The van der Waals surface area contributed by atoms with Crippen molar-refractivity contribution in [3.05, 3.63) is 34.2 Å². The summed E-state index contributed by atoms with van der Waals surface area (Å²) in [5, 5.41) is 0.502. The molecule has 0 aliphatic rings. The van der Waals surface area contributed by atoms with E-state index in [9.17, 15) is 4.79 Å². The van der Waals surface area contributed by atoms with Crippen LogP contribution >= 0.6 is 11.3 Å². The lowest BCUT2D eigenvalue weighted by Crippen LogP contribution is -2.08. The van der Waals surface area contributed by atoms with E-state index < -0.39 is 0 Å². The number of rotatable bonds is 5. The Hall–Kier alpha value is -2.01. The second-order valence-electron chi connectivity index (χ2n) is 5.09. The summed E-state index contributed by atoms with van der Waals surface area (Å²) < 4.78 is 10.6. The van der Waals surface area contributed by atoms with Crippen molar-refractivity contribution in [3.63, 3.8) is 0 Å². The Labute approximate surface area is 134 Å². The minimum absolute atomic E-state index is 0.354. The second-order valence-corrected chi connectivity index (χ2v) is 6.35. The van der Waals surface area contributed by atoms with E-state index in [1.165, 1.54) is 11.3 Å². The molecule has 1 aromatic heterocycles. The van der Waals surface area contributed by atoms with E-state index in [-0.39, 0.29) is 5.97 Å². The number of hydrogen-bond donors (Lipinski definition) is 1. The highest BCUT2D eigenvalue weighted by molar-refractivity contribution is 7.16. The van der Waals surface area contributed by atoms with Crippen LogP contribution in [0.5, 0.6) is 5.75 Å². The SMILES string of the molecule is CCCOC(=O)c1c(N)sc(C)c1-c1ccc(OC)c(C)c1. The first kappa shape index (κ1) is 16.4. The Morgan fingerprint density at radius 3 is 2.64 bits per heavy atom. The van der Waals surface area contributed by atoms with Gasteiger partial charge in [0.1, 0.15) is 16.3 Å². The summed E-state index contributed by atoms with van der Waals surface area (Å²) in [6, 6.07) is 5.85. The lowest BCUT2D eigenvalue weighted by molar-refractivity contribution is 0.0507. The number of esters is 1. The van der Waals surface area contributed by atoms with Gasteiger partial charge in [0, 0.05) is 10.4 Å². The molecule has 22 heavy (non-hydrogen) atoms. The zero-order chi connectivity index (χ0) is 16.3. The van der Waals surface area contributed by atoms with Crippen LogP contribution in [0.2, 0.25) is 0 Å². The molecule has 0 unspecified atom stereocenters. The fourth-order valence-corrected chi connectivity index (χ4v) is 3.36. The quantitative estimate of drug-likeness (QED) is 0.839. The number of carbonyl (C=O) groups is 1. The minimum atomic E-state index is -0.354. The molecule has 5 heteroatoms. The van der Waals surface area contributed by atoms with Crippen LogP contribution < -0.4 is 10.5 Å². The molecule has 1 aromatic carbocycles. The van der Waals surface area contributed by atoms with Crippen molar-refractivity contribution in [3.8, 4) is 16.9 Å². The summed E-state index contributed by atoms with van der Waals surface area (Å²) in [5.41, 5.74) is 9.33. The molecular weight excluding hydrogens is 298 g/mol. The molecule has 1 heterocycles. The number of hydrogen-bond acceptors (Lipinski definition) is 5. The van der Waals surface area contributed by atoms with Gasteiger partial charge < -0.3 is 15.2 Å². The molecule has 0 amide bonds. The van der Waals surface area contributed by atoms with Crippen molar-refractivity contribution in [1.82, 2.24) is 0 Å². The van der Waals surface area contributed by atoms with Gasteiger partial charge in [-0.05, 0) is 43.5 Å². The normalized spacial score (nSPS) is 10.5. The highest BCUT2D eigenvalue weighted by Crippen LogP contribution is 2.39. The third kappa shape index (κ3) is 3.09. The van der Waals surface area contributed by atoms with Crippen LogP contribution in [0.3, 0.4) is 0 Å². The average molecular weight is 319 g/mol. The van der Waals surface area contributed by atoms with E-state index in [1.807, 2.05) is 39.0 Å². The maximum atomic E-state index is 12.3. The van der Waals surface area contributed by atoms with Crippen LogP contribution in [0.15, 0.2) is 18.2 Å². The Morgan fingerprint density at radius 1 is 1.32 bits per heavy atom. The number of nitrogen functional groups attached to an aromatic ring is 1. The largest absolute Gasteiger partial charge is 0.496 e. The van der Waals surface area contributed by atoms with E-state index in [0.29, 0.717) is 17.2 Å². The van der Waals surface area contributed by atoms with E-state index >= 15 is 0 Å². The van der Waals surface area contributed by atoms with Crippen LogP contribution in [-0.4, -0.2) is 19.7 Å². The molecule has 0 radical (unpaired) electrons. The molecule has 4 nitrogen and oxygen atoms in total. The van der Waals surface area contributed by atoms with E-state index in [4.69, 9.17) is 15.2 Å². The molecule has 0 bridgehead atoms. The van der Waals surface area contributed by atoms with Gasteiger partial charge in [-0.25, -0.2) is 4.79 Å². The summed E-state index contributed by atoms with van der Waals surface area (Å²) >= 11 is 1.41. The minimum Gasteiger partial charge on any atom is -0.496 e.